The van der Waals surface area contributed by atoms with E-state index in [-0.39, 0.29) is 66.0 Å². The Bertz CT molecular complexity index is 1160. The molecule has 2 bridgehead atoms. The van der Waals surface area contributed by atoms with Gasteiger partial charge in [-0.15, -0.1) is 0 Å². The molecule has 5 atom stereocenters. The summed E-state index contributed by atoms with van der Waals surface area (Å²) in [4.78, 5) is 25.5. The summed E-state index contributed by atoms with van der Waals surface area (Å²) < 4.78 is 185. The number of imide groups is 1. The van der Waals surface area contributed by atoms with Crippen LogP contribution in [-0.2, 0) is 44.9 Å². The number of hydrogen-bond acceptors (Lipinski definition) is 5. The zero-order chi connectivity index (χ0) is 35.6. The first-order chi connectivity index (χ1) is 21.6. The van der Waals surface area contributed by atoms with E-state index in [9.17, 15) is 66.7 Å². The van der Waals surface area contributed by atoms with Crippen LogP contribution in [0.3, 0.4) is 0 Å². The number of rotatable bonds is 14. The van der Waals surface area contributed by atoms with Crippen molar-refractivity contribution >= 4 is 11.8 Å². The molecule has 4 rings (SSSR count). The standard InChI is InChI=1S/C15H21NO5.C13H9F13.2CH4.W/c1-19-8-9-21-11-10-20-7-6-16-14(17)12-4-2-3-5-13(12)15(16)18;14-8(15,7-4-5-1-2-6(7)3-5)9(16,17)10(18,19)11(20,21)12(22,23)13(24,25)26;;;/h2-5,12-13H,6-11H2,1H3;1-2,5-7H,3-4H2;2*1H4;/q-2;;;;+2. The molecule has 6 nitrogen and oxygen atoms in total. The van der Waals surface area contributed by atoms with Crippen molar-refractivity contribution in [1.29, 1.82) is 0 Å². The zero-order valence-electron chi connectivity index (χ0n) is 24.8. The average molecular weight is 923 g/mol. The third-order valence-electron chi connectivity index (χ3n) is 8.20. The van der Waals surface area contributed by atoms with Crippen LogP contribution >= 0.6 is 0 Å². The second-order valence-corrected chi connectivity index (χ2v) is 11.2. The Kier molecular flexibility index (Phi) is 17.0. The van der Waals surface area contributed by atoms with E-state index in [1.165, 1.54) is 11.0 Å². The fourth-order valence-corrected chi connectivity index (χ4v) is 5.60. The summed E-state index contributed by atoms with van der Waals surface area (Å²) in [5.74, 6) is -42.0. The summed E-state index contributed by atoms with van der Waals surface area (Å²) in [6, 6.07) is 0. The number of carbonyl (C=O) groups is 2. The molecule has 1 aliphatic heterocycles. The van der Waals surface area contributed by atoms with Gasteiger partial charge in [0.25, 0.3) is 0 Å². The maximum atomic E-state index is 14.0. The Morgan fingerprint density at radius 2 is 1.14 bits per heavy atom. The predicted molar refractivity (Wildman–Crippen MR) is 148 cm³/mol. The Morgan fingerprint density at radius 1 is 0.680 bits per heavy atom. The molecule has 3 aliphatic carbocycles. The van der Waals surface area contributed by atoms with Crippen LogP contribution in [0.4, 0.5) is 57.1 Å². The quantitative estimate of drug-likeness (QED) is 0.0596. The predicted octanol–water partition coefficient (Wildman–Crippen LogP) is 7.45. The van der Waals surface area contributed by atoms with Gasteiger partial charge in [0.05, 0.1) is 39.6 Å². The molecule has 2 fully saturated rings. The van der Waals surface area contributed by atoms with Gasteiger partial charge in [0.2, 0.25) is 11.8 Å². The number of carbonyl (C=O) groups excluding carboxylic acids is 2. The van der Waals surface area contributed by atoms with E-state index >= 15 is 0 Å². The number of likely N-dealkylation sites (tertiary alicyclic amines) is 1. The summed E-state index contributed by atoms with van der Waals surface area (Å²) in [6.07, 6.45) is 1.10. The molecule has 0 radical (unpaired) electrons. The SMILES string of the molecule is C.C.COCCOCCOCCN1C(=O)C2[CH-]C=C[CH-]C2C1=O.FC(F)(F)C(F)(F)C(F)(F)C(F)(F)C(F)(F)C(F)(F)C1CC2C=CC1C2.[W+2]. The van der Waals surface area contributed by atoms with Crippen molar-refractivity contribution in [3.63, 3.8) is 0 Å². The molecule has 290 valence electrons. The van der Waals surface area contributed by atoms with E-state index in [0.717, 1.165) is 6.08 Å². The molecule has 5 unspecified atom stereocenters. The molecular formula is C30H38F13NO5W. The molecule has 0 aromatic carbocycles. The minimum Gasteiger partial charge on any atom is -0.382 e. The van der Waals surface area contributed by atoms with Crippen molar-refractivity contribution in [3.8, 4) is 0 Å². The van der Waals surface area contributed by atoms with Crippen LogP contribution in [0, 0.1) is 42.4 Å². The minimum absolute atomic E-state index is 0. The van der Waals surface area contributed by atoms with Crippen LogP contribution in [0.15, 0.2) is 24.3 Å². The molecule has 50 heavy (non-hydrogen) atoms. The first-order valence-corrected chi connectivity index (χ1v) is 14.1. The van der Waals surface area contributed by atoms with Gasteiger partial charge in [0.15, 0.2) is 0 Å². The van der Waals surface area contributed by atoms with E-state index in [1.807, 2.05) is 12.2 Å². The molecule has 1 heterocycles. The van der Waals surface area contributed by atoms with Crippen molar-refractivity contribution in [2.75, 3.05) is 46.7 Å². The maximum absolute atomic E-state index is 14.0. The number of amides is 2. The van der Waals surface area contributed by atoms with Crippen molar-refractivity contribution in [3.05, 3.63) is 37.1 Å². The van der Waals surface area contributed by atoms with Gasteiger partial charge in [-0.05, 0) is 36.5 Å². The number of halogens is 13. The van der Waals surface area contributed by atoms with Gasteiger partial charge >= 0.3 is 56.9 Å². The van der Waals surface area contributed by atoms with E-state index in [4.69, 9.17) is 14.2 Å². The second-order valence-electron chi connectivity index (χ2n) is 11.2. The van der Waals surface area contributed by atoms with E-state index in [0.29, 0.717) is 39.6 Å². The summed E-state index contributed by atoms with van der Waals surface area (Å²) in [7, 11) is 1.62. The number of hydrogen-bond donors (Lipinski definition) is 0. The van der Waals surface area contributed by atoms with Crippen molar-refractivity contribution < 1.29 is 102 Å². The molecule has 4 aliphatic rings. The van der Waals surface area contributed by atoms with E-state index < -0.39 is 60.0 Å². The number of methoxy groups -OCH3 is 1. The number of nitrogens with zero attached hydrogens (tertiary/aromatic N) is 1. The molecule has 0 aromatic heterocycles. The molecule has 0 spiro atoms. The largest absolute Gasteiger partial charge is 2.00 e. The molecule has 20 heteroatoms. The van der Waals surface area contributed by atoms with Crippen molar-refractivity contribution in [2.24, 2.45) is 29.6 Å². The maximum Gasteiger partial charge on any atom is 2.00 e. The van der Waals surface area contributed by atoms with Crippen LogP contribution in [0.1, 0.15) is 27.7 Å². The first kappa shape index (κ1) is 48.0. The van der Waals surface area contributed by atoms with Gasteiger partial charge in [-0.2, -0.15) is 57.1 Å². The summed E-state index contributed by atoms with van der Waals surface area (Å²) in [5, 5.41) is 0. The van der Waals surface area contributed by atoms with Gasteiger partial charge in [-0.1, -0.05) is 27.0 Å². The van der Waals surface area contributed by atoms with Crippen LogP contribution in [-0.4, -0.2) is 99.2 Å². The molecule has 0 aromatic rings. The monoisotopic (exact) mass is 923 g/mol. The normalized spacial score (nSPS) is 24.7. The summed E-state index contributed by atoms with van der Waals surface area (Å²) >= 11 is 0. The fourth-order valence-electron chi connectivity index (χ4n) is 5.60. The average Bonchev–Trinajstić information content (AvgIpc) is 3.69. The molecule has 1 saturated heterocycles. The van der Waals surface area contributed by atoms with Gasteiger partial charge in [0, 0.05) is 13.0 Å². The zero-order valence-corrected chi connectivity index (χ0v) is 27.8. The number of alkyl halides is 13. The van der Waals surface area contributed by atoms with Crippen LogP contribution in [0.2, 0.25) is 0 Å². The number of ether oxygens (including phenoxy) is 3. The Balaban J connectivity index is 0.000000923. The first-order valence-electron chi connectivity index (χ1n) is 14.1. The molecule has 2 amide bonds. The van der Waals surface area contributed by atoms with E-state index in [1.54, 1.807) is 20.0 Å². The van der Waals surface area contributed by atoms with Gasteiger partial charge in [-0.25, -0.2) is 0 Å². The van der Waals surface area contributed by atoms with Crippen LogP contribution in [0.5, 0.6) is 0 Å². The summed E-state index contributed by atoms with van der Waals surface area (Å²) in [5.41, 5.74) is 0. The Labute approximate surface area is 295 Å². The third-order valence-corrected chi connectivity index (χ3v) is 8.20. The number of fused-ring (bicyclic) bond motifs is 3. The van der Waals surface area contributed by atoms with Gasteiger partial charge in [-0.3, -0.25) is 14.5 Å². The van der Waals surface area contributed by atoms with Crippen molar-refractivity contribution in [1.82, 2.24) is 4.90 Å². The van der Waals surface area contributed by atoms with Crippen LogP contribution in [0.25, 0.3) is 0 Å². The topological polar surface area (TPSA) is 65.1 Å². The van der Waals surface area contributed by atoms with Crippen LogP contribution < -0.4 is 0 Å². The number of allylic oxidation sites excluding steroid dienone is 4. The van der Waals surface area contributed by atoms with E-state index in [2.05, 4.69) is 0 Å². The Hall–Kier alpha value is -1.98. The third kappa shape index (κ3) is 8.79. The molecule has 1 saturated carbocycles. The smallest absolute Gasteiger partial charge is 0.382 e. The molecular weight excluding hydrogens is 885 g/mol. The van der Waals surface area contributed by atoms with Gasteiger partial charge in [0.1, 0.15) is 0 Å². The van der Waals surface area contributed by atoms with Crippen molar-refractivity contribution in [2.45, 2.75) is 63.5 Å². The minimum atomic E-state index is -7.82. The summed E-state index contributed by atoms with van der Waals surface area (Å²) in [6.45, 7) is 2.63. The fraction of sp³-hybridized carbons (Fsp3) is 0.733. The molecule has 0 N–H and O–H groups in total. The Morgan fingerprint density at radius 3 is 1.56 bits per heavy atom. The second kappa shape index (κ2) is 17.7. The van der Waals surface area contributed by atoms with Gasteiger partial charge < -0.3 is 39.2 Å².